The van der Waals surface area contributed by atoms with E-state index in [1.807, 2.05) is 35.2 Å². The van der Waals surface area contributed by atoms with E-state index < -0.39 is 17.9 Å². The number of nitrogens with zero attached hydrogens (tertiary/aromatic N) is 1. The van der Waals surface area contributed by atoms with Crippen LogP contribution in [0.2, 0.25) is 0 Å². The molecule has 0 unspecified atom stereocenters. The van der Waals surface area contributed by atoms with Crippen LogP contribution in [0, 0.1) is 0 Å². The van der Waals surface area contributed by atoms with Crippen molar-refractivity contribution in [2.75, 3.05) is 0 Å². The Bertz CT molecular complexity index is 590. The zero-order valence-electron chi connectivity index (χ0n) is 10.4. The van der Waals surface area contributed by atoms with Gasteiger partial charge in [0.15, 0.2) is 0 Å². The molecule has 1 amide bonds. The van der Waals surface area contributed by atoms with E-state index >= 15 is 0 Å². The number of carbonyl (C=O) groups excluding carboxylic acids is 1. The molecule has 5 heteroatoms. The molecule has 0 saturated heterocycles. The van der Waals surface area contributed by atoms with Gasteiger partial charge < -0.3 is 15.0 Å². The van der Waals surface area contributed by atoms with Crippen molar-refractivity contribution in [3.05, 3.63) is 54.4 Å². The Kier molecular flexibility index (Phi) is 3.66. The van der Waals surface area contributed by atoms with Crippen LogP contribution < -0.4 is 5.32 Å². The summed E-state index contributed by atoms with van der Waals surface area (Å²) < 4.78 is 1.87. The highest BCUT2D eigenvalue weighted by Gasteiger charge is 2.15. The highest BCUT2D eigenvalue weighted by Crippen LogP contribution is 2.11. The Morgan fingerprint density at radius 3 is 2.53 bits per heavy atom. The van der Waals surface area contributed by atoms with E-state index in [1.54, 1.807) is 18.2 Å². The fraction of sp³-hybridized carbons (Fsp3) is 0.143. The molecule has 0 aliphatic carbocycles. The van der Waals surface area contributed by atoms with Gasteiger partial charge in [-0.05, 0) is 37.3 Å². The lowest BCUT2D eigenvalue weighted by molar-refractivity contribution is -0.138. The van der Waals surface area contributed by atoms with Crippen LogP contribution in [0.5, 0.6) is 0 Å². The molecule has 1 aromatic carbocycles. The second-order valence-corrected chi connectivity index (χ2v) is 4.17. The maximum atomic E-state index is 11.9. The molecule has 0 bridgehead atoms. The number of aromatic nitrogens is 1. The van der Waals surface area contributed by atoms with Crippen LogP contribution in [0.4, 0.5) is 0 Å². The van der Waals surface area contributed by atoms with Gasteiger partial charge >= 0.3 is 5.97 Å². The van der Waals surface area contributed by atoms with Crippen LogP contribution in [0.3, 0.4) is 0 Å². The number of hydrogen-bond donors (Lipinski definition) is 2. The predicted molar refractivity (Wildman–Crippen MR) is 70.3 cm³/mol. The van der Waals surface area contributed by atoms with E-state index in [-0.39, 0.29) is 0 Å². The van der Waals surface area contributed by atoms with Gasteiger partial charge in [-0.3, -0.25) is 9.59 Å². The standard InChI is InChI=1S/C14H14N2O3/c1-10(14(18)19)15-13(17)11-5-4-6-12(9-11)16-7-2-3-8-16/h2-10H,1H3,(H,15,17)(H,18,19)/t10-/m1/s1. The number of nitrogens with one attached hydrogen (secondary N) is 1. The lowest BCUT2D eigenvalue weighted by atomic mass is 10.1. The van der Waals surface area contributed by atoms with Crippen LogP contribution in [0.1, 0.15) is 17.3 Å². The van der Waals surface area contributed by atoms with Crippen molar-refractivity contribution < 1.29 is 14.7 Å². The molecule has 2 aromatic rings. The van der Waals surface area contributed by atoms with Crippen LogP contribution in [-0.2, 0) is 4.79 Å². The van der Waals surface area contributed by atoms with E-state index in [4.69, 9.17) is 5.11 Å². The average molecular weight is 258 g/mol. The summed E-state index contributed by atoms with van der Waals surface area (Å²) in [4.78, 5) is 22.6. The van der Waals surface area contributed by atoms with Crippen LogP contribution in [0.25, 0.3) is 5.69 Å². The Labute approximate surface area is 110 Å². The van der Waals surface area contributed by atoms with Gasteiger partial charge in [0, 0.05) is 23.6 Å². The zero-order valence-corrected chi connectivity index (χ0v) is 10.4. The molecule has 0 saturated carbocycles. The van der Waals surface area contributed by atoms with Crippen molar-refractivity contribution in [2.24, 2.45) is 0 Å². The fourth-order valence-electron chi connectivity index (χ4n) is 1.66. The summed E-state index contributed by atoms with van der Waals surface area (Å²) in [7, 11) is 0. The van der Waals surface area contributed by atoms with Gasteiger partial charge in [0.1, 0.15) is 6.04 Å². The summed E-state index contributed by atoms with van der Waals surface area (Å²) in [6.45, 7) is 1.43. The molecule has 1 aromatic heterocycles. The third-order valence-electron chi connectivity index (χ3n) is 2.73. The van der Waals surface area contributed by atoms with E-state index in [1.165, 1.54) is 6.92 Å². The molecule has 5 nitrogen and oxygen atoms in total. The van der Waals surface area contributed by atoms with Crippen molar-refractivity contribution in [1.29, 1.82) is 0 Å². The maximum Gasteiger partial charge on any atom is 0.325 e. The molecule has 0 aliphatic rings. The van der Waals surface area contributed by atoms with Crippen LogP contribution in [-0.4, -0.2) is 27.6 Å². The van der Waals surface area contributed by atoms with Crippen molar-refractivity contribution >= 4 is 11.9 Å². The van der Waals surface area contributed by atoms with Gasteiger partial charge in [-0.1, -0.05) is 6.07 Å². The smallest absolute Gasteiger partial charge is 0.325 e. The van der Waals surface area contributed by atoms with Crippen molar-refractivity contribution in [2.45, 2.75) is 13.0 Å². The molecule has 98 valence electrons. The minimum Gasteiger partial charge on any atom is -0.480 e. The number of rotatable bonds is 4. The zero-order chi connectivity index (χ0) is 13.8. The summed E-state index contributed by atoms with van der Waals surface area (Å²) in [5.41, 5.74) is 1.28. The third-order valence-corrected chi connectivity index (χ3v) is 2.73. The predicted octanol–water partition coefficient (Wildman–Crippen LogP) is 1.68. The van der Waals surface area contributed by atoms with Crippen LogP contribution in [0.15, 0.2) is 48.8 Å². The molecule has 0 fully saturated rings. The second-order valence-electron chi connectivity index (χ2n) is 4.17. The van der Waals surface area contributed by atoms with Crippen molar-refractivity contribution in [1.82, 2.24) is 9.88 Å². The van der Waals surface area contributed by atoms with E-state index in [2.05, 4.69) is 5.32 Å². The molecule has 0 spiro atoms. The molecule has 1 atom stereocenters. The normalized spacial score (nSPS) is 11.8. The van der Waals surface area contributed by atoms with Gasteiger partial charge in [-0.25, -0.2) is 0 Å². The molecule has 0 radical (unpaired) electrons. The highest BCUT2D eigenvalue weighted by molar-refractivity contribution is 5.96. The van der Waals surface area contributed by atoms with Crippen molar-refractivity contribution in [3.63, 3.8) is 0 Å². The average Bonchev–Trinajstić information content (AvgIpc) is 2.92. The Balaban J connectivity index is 2.19. The first-order valence-corrected chi connectivity index (χ1v) is 5.85. The second kappa shape index (κ2) is 5.39. The maximum absolute atomic E-state index is 11.9. The van der Waals surface area contributed by atoms with E-state index in [0.717, 1.165) is 5.69 Å². The summed E-state index contributed by atoms with van der Waals surface area (Å²) in [6, 6.07) is 9.86. The Morgan fingerprint density at radius 1 is 1.21 bits per heavy atom. The number of benzene rings is 1. The number of carbonyl (C=O) groups is 2. The third kappa shape index (κ3) is 3.01. The summed E-state index contributed by atoms with van der Waals surface area (Å²) in [5, 5.41) is 11.2. The minimum atomic E-state index is -1.06. The molecule has 19 heavy (non-hydrogen) atoms. The summed E-state index contributed by atoms with van der Waals surface area (Å²) >= 11 is 0. The van der Waals surface area contributed by atoms with Gasteiger partial charge in [-0.2, -0.15) is 0 Å². The van der Waals surface area contributed by atoms with E-state index in [9.17, 15) is 9.59 Å². The molecular weight excluding hydrogens is 244 g/mol. The first-order chi connectivity index (χ1) is 9.08. The Morgan fingerprint density at radius 2 is 1.89 bits per heavy atom. The van der Waals surface area contributed by atoms with E-state index in [0.29, 0.717) is 5.56 Å². The molecule has 0 aliphatic heterocycles. The number of aliphatic carboxylic acids is 1. The number of carboxylic acids is 1. The Hall–Kier alpha value is -2.56. The van der Waals surface area contributed by atoms with Gasteiger partial charge in [0.25, 0.3) is 5.91 Å². The molecule has 2 rings (SSSR count). The summed E-state index contributed by atoms with van der Waals surface area (Å²) in [5.74, 6) is -1.46. The molecular formula is C14H14N2O3. The molecule has 2 N–H and O–H groups in total. The van der Waals surface area contributed by atoms with Gasteiger partial charge in [-0.15, -0.1) is 0 Å². The molecule has 1 heterocycles. The first kappa shape index (κ1) is 12.9. The van der Waals surface area contributed by atoms with Gasteiger partial charge in [0.2, 0.25) is 0 Å². The summed E-state index contributed by atoms with van der Waals surface area (Å²) in [6.07, 6.45) is 3.74. The fourth-order valence-corrected chi connectivity index (χ4v) is 1.66. The number of hydrogen-bond acceptors (Lipinski definition) is 2. The number of carboxylic acid groups (broad SMARTS) is 1. The monoisotopic (exact) mass is 258 g/mol. The lowest BCUT2D eigenvalue weighted by Gasteiger charge is -2.10. The lowest BCUT2D eigenvalue weighted by Crippen LogP contribution is -2.38. The minimum absolute atomic E-state index is 0.399. The largest absolute Gasteiger partial charge is 0.480 e. The quantitative estimate of drug-likeness (QED) is 0.876. The van der Waals surface area contributed by atoms with Crippen LogP contribution >= 0.6 is 0 Å². The SMILES string of the molecule is C[C@@H](NC(=O)c1cccc(-n2cccc2)c1)C(=O)O. The van der Waals surface area contributed by atoms with Gasteiger partial charge in [0.05, 0.1) is 0 Å². The first-order valence-electron chi connectivity index (χ1n) is 5.85. The number of amides is 1. The highest BCUT2D eigenvalue weighted by atomic mass is 16.4. The van der Waals surface area contributed by atoms with Crippen molar-refractivity contribution in [3.8, 4) is 5.69 Å². The topological polar surface area (TPSA) is 71.3 Å².